The van der Waals surface area contributed by atoms with Crippen molar-refractivity contribution in [3.63, 3.8) is 0 Å². The summed E-state index contributed by atoms with van der Waals surface area (Å²) in [6.45, 7) is 6.45. The van der Waals surface area contributed by atoms with E-state index in [2.05, 4.69) is 10.6 Å². The molecule has 0 aromatic rings. The topological polar surface area (TPSA) is 61.4 Å². The molecule has 1 fully saturated rings. The molecule has 0 bridgehead atoms. The summed E-state index contributed by atoms with van der Waals surface area (Å²) in [5.74, 6) is 0.0210. The lowest BCUT2D eigenvalue weighted by molar-refractivity contribution is -0.138. The van der Waals surface area contributed by atoms with Gasteiger partial charge < -0.3 is 15.5 Å². The molecule has 1 aliphatic rings. The van der Waals surface area contributed by atoms with Crippen LogP contribution in [0.4, 0.5) is 0 Å². The maximum absolute atomic E-state index is 12.4. The fraction of sp³-hybridized carbons (Fsp3) is 0.857. The minimum atomic E-state index is -0.0979. The molecule has 110 valence electrons. The van der Waals surface area contributed by atoms with Crippen LogP contribution in [0.2, 0.25) is 0 Å². The van der Waals surface area contributed by atoms with E-state index in [4.69, 9.17) is 0 Å². The smallest absolute Gasteiger partial charge is 0.240 e. The average Bonchev–Trinajstić information content (AvgIpc) is 2.45. The second kappa shape index (κ2) is 8.91. The van der Waals surface area contributed by atoms with Gasteiger partial charge in [0.25, 0.3) is 0 Å². The van der Waals surface area contributed by atoms with Crippen molar-refractivity contribution in [2.45, 2.75) is 52.0 Å². The Hall–Kier alpha value is -1.10. The molecular weight excluding hydrogens is 242 g/mol. The first-order valence-corrected chi connectivity index (χ1v) is 7.47. The Bertz CT molecular complexity index is 288. The predicted octanol–water partition coefficient (Wildman–Crippen LogP) is 0.893. The molecule has 0 radical (unpaired) electrons. The average molecular weight is 269 g/mol. The van der Waals surface area contributed by atoms with E-state index in [1.807, 2.05) is 13.8 Å². The van der Waals surface area contributed by atoms with Gasteiger partial charge in [0.1, 0.15) is 0 Å². The molecule has 5 heteroatoms. The molecule has 1 heterocycles. The molecule has 1 atom stereocenters. The van der Waals surface area contributed by atoms with Crippen molar-refractivity contribution in [3.05, 3.63) is 0 Å². The number of nitrogens with zero attached hydrogens (tertiary/aromatic N) is 1. The third-order valence-electron chi connectivity index (χ3n) is 3.32. The number of hydrogen-bond acceptors (Lipinski definition) is 3. The van der Waals surface area contributed by atoms with Gasteiger partial charge in [-0.3, -0.25) is 9.59 Å². The first-order chi connectivity index (χ1) is 9.19. The van der Waals surface area contributed by atoms with Gasteiger partial charge >= 0.3 is 0 Å². The SMILES string of the molecule is CCCNC(=O)CN(CCC)C(=O)[C@H]1CCCCN1. The highest BCUT2D eigenvalue weighted by Crippen LogP contribution is 2.10. The minimum Gasteiger partial charge on any atom is -0.355 e. The molecule has 5 nitrogen and oxygen atoms in total. The molecule has 0 aliphatic carbocycles. The minimum absolute atomic E-state index is 0.0561. The largest absolute Gasteiger partial charge is 0.355 e. The lowest BCUT2D eigenvalue weighted by atomic mass is 10.0. The van der Waals surface area contributed by atoms with Crippen molar-refractivity contribution in [3.8, 4) is 0 Å². The number of piperidine rings is 1. The molecular formula is C14H27N3O2. The van der Waals surface area contributed by atoms with Gasteiger partial charge in [0.05, 0.1) is 12.6 Å². The Morgan fingerprint density at radius 2 is 2.05 bits per heavy atom. The van der Waals surface area contributed by atoms with E-state index >= 15 is 0 Å². The summed E-state index contributed by atoms with van der Waals surface area (Å²) in [5.41, 5.74) is 0. The Morgan fingerprint density at radius 1 is 1.26 bits per heavy atom. The van der Waals surface area contributed by atoms with Crippen molar-refractivity contribution in [1.29, 1.82) is 0 Å². The number of carbonyl (C=O) groups is 2. The van der Waals surface area contributed by atoms with Gasteiger partial charge in [-0.25, -0.2) is 0 Å². The molecule has 0 saturated carbocycles. The molecule has 0 unspecified atom stereocenters. The zero-order chi connectivity index (χ0) is 14.1. The van der Waals surface area contributed by atoms with Crippen LogP contribution < -0.4 is 10.6 Å². The van der Waals surface area contributed by atoms with Crippen LogP contribution in [-0.4, -0.2) is 48.9 Å². The van der Waals surface area contributed by atoms with Crippen LogP contribution in [0.25, 0.3) is 0 Å². The quantitative estimate of drug-likeness (QED) is 0.721. The molecule has 0 aromatic carbocycles. The summed E-state index contributed by atoms with van der Waals surface area (Å²) >= 11 is 0. The predicted molar refractivity (Wildman–Crippen MR) is 75.8 cm³/mol. The van der Waals surface area contributed by atoms with Gasteiger partial charge in [-0.2, -0.15) is 0 Å². The highest BCUT2D eigenvalue weighted by molar-refractivity contribution is 5.87. The van der Waals surface area contributed by atoms with Crippen molar-refractivity contribution >= 4 is 11.8 Å². The van der Waals surface area contributed by atoms with Gasteiger partial charge in [-0.15, -0.1) is 0 Å². The molecule has 1 aliphatic heterocycles. The van der Waals surface area contributed by atoms with E-state index in [1.54, 1.807) is 4.90 Å². The summed E-state index contributed by atoms with van der Waals surface area (Å²) in [7, 11) is 0. The Kier molecular flexibility index (Phi) is 7.48. The Labute approximate surface area is 116 Å². The maximum atomic E-state index is 12.4. The molecule has 2 amide bonds. The number of hydrogen-bond donors (Lipinski definition) is 2. The summed E-state index contributed by atoms with van der Waals surface area (Å²) in [5, 5.41) is 6.08. The highest BCUT2D eigenvalue weighted by Gasteiger charge is 2.26. The number of amides is 2. The maximum Gasteiger partial charge on any atom is 0.240 e. The van der Waals surface area contributed by atoms with Crippen LogP contribution in [0.5, 0.6) is 0 Å². The lowest BCUT2D eigenvalue weighted by Gasteiger charge is -2.29. The first-order valence-electron chi connectivity index (χ1n) is 7.47. The zero-order valence-electron chi connectivity index (χ0n) is 12.2. The van der Waals surface area contributed by atoms with Crippen molar-refractivity contribution < 1.29 is 9.59 Å². The van der Waals surface area contributed by atoms with E-state index in [-0.39, 0.29) is 24.4 Å². The summed E-state index contributed by atoms with van der Waals surface area (Å²) in [4.78, 5) is 25.8. The summed E-state index contributed by atoms with van der Waals surface area (Å²) in [6, 6.07) is -0.0979. The second-order valence-electron chi connectivity index (χ2n) is 5.11. The van der Waals surface area contributed by atoms with E-state index in [0.717, 1.165) is 38.6 Å². The van der Waals surface area contributed by atoms with Crippen LogP contribution in [0, 0.1) is 0 Å². The van der Waals surface area contributed by atoms with Gasteiger partial charge in [0.2, 0.25) is 11.8 Å². The number of carbonyl (C=O) groups excluding carboxylic acids is 2. The molecule has 2 N–H and O–H groups in total. The molecule has 0 spiro atoms. The second-order valence-corrected chi connectivity index (χ2v) is 5.11. The van der Waals surface area contributed by atoms with Crippen LogP contribution in [-0.2, 0) is 9.59 Å². The van der Waals surface area contributed by atoms with Gasteiger partial charge in [0.15, 0.2) is 0 Å². The molecule has 1 saturated heterocycles. The van der Waals surface area contributed by atoms with Gasteiger partial charge in [-0.05, 0) is 32.2 Å². The highest BCUT2D eigenvalue weighted by atomic mass is 16.2. The third-order valence-corrected chi connectivity index (χ3v) is 3.32. The van der Waals surface area contributed by atoms with Crippen molar-refractivity contribution in [2.75, 3.05) is 26.2 Å². The number of nitrogens with one attached hydrogen (secondary N) is 2. The monoisotopic (exact) mass is 269 g/mol. The van der Waals surface area contributed by atoms with Crippen LogP contribution in [0.3, 0.4) is 0 Å². The van der Waals surface area contributed by atoms with Crippen LogP contribution in [0.1, 0.15) is 46.0 Å². The molecule has 1 rings (SSSR count). The van der Waals surface area contributed by atoms with Gasteiger partial charge in [-0.1, -0.05) is 20.3 Å². The van der Waals surface area contributed by atoms with Crippen molar-refractivity contribution in [2.24, 2.45) is 0 Å². The molecule has 19 heavy (non-hydrogen) atoms. The normalized spacial score (nSPS) is 18.9. The fourth-order valence-electron chi connectivity index (χ4n) is 2.31. The Balaban J connectivity index is 2.49. The van der Waals surface area contributed by atoms with E-state index < -0.39 is 0 Å². The standard InChI is InChI=1S/C14H27N3O2/c1-3-8-16-13(18)11-17(10-4-2)14(19)12-7-5-6-9-15-12/h12,15H,3-11H2,1-2H3,(H,16,18)/t12-/m1/s1. The van der Waals surface area contributed by atoms with Gasteiger partial charge in [0, 0.05) is 13.1 Å². The zero-order valence-corrected chi connectivity index (χ0v) is 12.2. The lowest BCUT2D eigenvalue weighted by Crippen LogP contribution is -2.51. The third kappa shape index (κ3) is 5.59. The van der Waals surface area contributed by atoms with Crippen LogP contribution >= 0.6 is 0 Å². The van der Waals surface area contributed by atoms with E-state index in [9.17, 15) is 9.59 Å². The van der Waals surface area contributed by atoms with Crippen LogP contribution in [0.15, 0.2) is 0 Å². The fourth-order valence-corrected chi connectivity index (χ4v) is 2.31. The Morgan fingerprint density at radius 3 is 2.63 bits per heavy atom. The summed E-state index contributed by atoms with van der Waals surface area (Å²) in [6.07, 6.45) is 4.90. The van der Waals surface area contributed by atoms with E-state index in [1.165, 1.54) is 0 Å². The van der Waals surface area contributed by atoms with Crippen molar-refractivity contribution in [1.82, 2.24) is 15.5 Å². The van der Waals surface area contributed by atoms with E-state index in [0.29, 0.717) is 13.1 Å². The number of rotatable bonds is 7. The first kappa shape index (κ1) is 16.0. The summed E-state index contributed by atoms with van der Waals surface area (Å²) < 4.78 is 0. The molecule has 0 aromatic heterocycles.